The molecule has 1 saturated heterocycles. The molecule has 18 heavy (non-hydrogen) atoms. The number of rotatable bonds is 3. The summed E-state index contributed by atoms with van der Waals surface area (Å²) in [5.74, 6) is 0. The summed E-state index contributed by atoms with van der Waals surface area (Å²) in [4.78, 5) is 2.13. The maximum absolute atomic E-state index is 9.92. The zero-order valence-corrected chi connectivity index (χ0v) is 9.93. The van der Waals surface area contributed by atoms with Gasteiger partial charge in [-0.2, -0.15) is 10.4 Å². The highest BCUT2D eigenvalue weighted by atomic mass is 16.3. The number of aliphatic hydroxyl groups is 1. The second-order valence-corrected chi connectivity index (χ2v) is 5.00. The molecule has 2 N–H and O–H groups in total. The van der Waals surface area contributed by atoms with Gasteiger partial charge in [-0.25, -0.2) is 0 Å². The average Bonchev–Trinajstić information content (AvgIpc) is 2.74. The van der Waals surface area contributed by atoms with Crippen LogP contribution in [0.5, 0.6) is 0 Å². The molecule has 0 bridgehead atoms. The monoisotopic (exact) mass is 242 g/mol. The number of nitrogens with one attached hydrogen (secondary N) is 1. The van der Waals surface area contributed by atoms with Gasteiger partial charge in [0.05, 0.1) is 24.2 Å². The highest BCUT2D eigenvalue weighted by molar-refractivity contribution is 5.78. The first kappa shape index (κ1) is 11.2. The number of nitrogens with zero attached hydrogens (tertiary/aromatic N) is 3. The molecule has 0 unspecified atom stereocenters. The summed E-state index contributed by atoms with van der Waals surface area (Å²) in [5.41, 5.74) is 1.42. The second-order valence-electron chi connectivity index (χ2n) is 5.00. The Hall–Kier alpha value is -1.90. The largest absolute Gasteiger partial charge is 0.386 e. The van der Waals surface area contributed by atoms with Gasteiger partial charge < -0.3 is 5.11 Å². The van der Waals surface area contributed by atoms with Crippen LogP contribution in [-0.2, 0) is 6.54 Å². The van der Waals surface area contributed by atoms with E-state index in [1.54, 1.807) is 6.20 Å². The number of fused-ring (bicyclic) bond motifs is 1. The van der Waals surface area contributed by atoms with Crippen LogP contribution in [0.4, 0.5) is 0 Å². The number of likely N-dealkylation sites (tertiary alicyclic amines) is 1. The Morgan fingerprint density at radius 2 is 2.33 bits per heavy atom. The molecular weight excluding hydrogens is 228 g/mol. The molecule has 2 aromatic rings. The zero-order valence-electron chi connectivity index (χ0n) is 9.93. The maximum Gasteiger partial charge on any atom is 0.103 e. The van der Waals surface area contributed by atoms with Gasteiger partial charge in [0.2, 0.25) is 0 Å². The van der Waals surface area contributed by atoms with Gasteiger partial charge in [0.25, 0.3) is 0 Å². The van der Waals surface area contributed by atoms with E-state index < -0.39 is 5.60 Å². The SMILES string of the molecule is N#CCC1(O)CN(Cc2ccc3cn[nH]c3c2)C1. The summed E-state index contributed by atoms with van der Waals surface area (Å²) in [7, 11) is 0. The Morgan fingerprint density at radius 1 is 1.50 bits per heavy atom. The predicted octanol–water partition coefficient (Wildman–Crippen LogP) is 1.02. The molecular formula is C13H14N4O. The zero-order chi connectivity index (χ0) is 12.6. The summed E-state index contributed by atoms with van der Waals surface area (Å²) in [6.07, 6.45) is 2.01. The van der Waals surface area contributed by atoms with E-state index in [1.807, 2.05) is 12.1 Å². The number of aromatic nitrogens is 2. The van der Waals surface area contributed by atoms with Gasteiger partial charge in [-0.05, 0) is 11.6 Å². The van der Waals surface area contributed by atoms with E-state index in [-0.39, 0.29) is 6.42 Å². The standard InChI is InChI=1S/C13H14N4O/c14-4-3-13(18)8-17(9-13)7-10-1-2-11-6-15-16-12(11)5-10/h1-2,5-6,18H,3,7-9H2,(H,15,16). The minimum atomic E-state index is -0.799. The van der Waals surface area contributed by atoms with Crippen molar-refractivity contribution in [1.82, 2.24) is 15.1 Å². The van der Waals surface area contributed by atoms with E-state index in [1.165, 1.54) is 5.56 Å². The summed E-state index contributed by atoms with van der Waals surface area (Å²) < 4.78 is 0. The van der Waals surface area contributed by atoms with Gasteiger partial charge in [-0.15, -0.1) is 0 Å². The van der Waals surface area contributed by atoms with Gasteiger partial charge in [-0.3, -0.25) is 10.00 Å². The fourth-order valence-electron chi connectivity index (χ4n) is 2.50. The van der Waals surface area contributed by atoms with Crippen molar-refractivity contribution in [2.75, 3.05) is 13.1 Å². The van der Waals surface area contributed by atoms with Crippen LogP contribution >= 0.6 is 0 Å². The quantitative estimate of drug-likeness (QED) is 0.842. The molecule has 5 nitrogen and oxygen atoms in total. The minimum Gasteiger partial charge on any atom is -0.386 e. The first-order valence-corrected chi connectivity index (χ1v) is 5.92. The van der Waals surface area contributed by atoms with Crippen molar-refractivity contribution in [2.24, 2.45) is 0 Å². The summed E-state index contributed by atoms with van der Waals surface area (Å²) in [6.45, 7) is 1.94. The molecule has 1 aromatic heterocycles. The number of nitriles is 1. The van der Waals surface area contributed by atoms with Crippen molar-refractivity contribution in [3.8, 4) is 6.07 Å². The normalized spacial score (nSPS) is 18.4. The Kier molecular flexibility index (Phi) is 2.54. The van der Waals surface area contributed by atoms with Gasteiger partial charge in [-0.1, -0.05) is 12.1 Å². The van der Waals surface area contributed by atoms with Crippen molar-refractivity contribution in [3.05, 3.63) is 30.0 Å². The lowest BCUT2D eigenvalue weighted by Gasteiger charge is -2.45. The number of benzene rings is 1. The molecule has 1 aliphatic rings. The third-order valence-corrected chi connectivity index (χ3v) is 3.36. The van der Waals surface area contributed by atoms with Crippen molar-refractivity contribution in [1.29, 1.82) is 5.26 Å². The first-order chi connectivity index (χ1) is 8.68. The molecule has 2 heterocycles. The van der Waals surface area contributed by atoms with E-state index in [2.05, 4.69) is 27.2 Å². The molecule has 1 aromatic carbocycles. The van der Waals surface area contributed by atoms with Crippen LogP contribution in [-0.4, -0.2) is 38.9 Å². The van der Waals surface area contributed by atoms with Crippen LogP contribution in [0.25, 0.3) is 10.9 Å². The summed E-state index contributed by atoms with van der Waals surface area (Å²) in [5, 5.41) is 26.5. The number of H-pyrrole nitrogens is 1. The lowest BCUT2D eigenvalue weighted by molar-refractivity contribution is -0.0974. The van der Waals surface area contributed by atoms with E-state index in [0.29, 0.717) is 13.1 Å². The molecule has 1 aliphatic heterocycles. The first-order valence-electron chi connectivity index (χ1n) is 5.92. The highest BCUT2D eigenvalue weighted by Crippen LogP contribution is 2.26. The third kappa shape index (κ3) is 1.96. The lowest BCUT2D eigenvalue weighted by Crippen LogP contribution is -2.60. The Morgan fingerprint density at radius 3 is 3.11 bits per heavy atom. The smallest absolute Gasteiger partial charge is 0.103 e. The minimum absolute atomic E-state index is 0.211. The van der Waals surface area contributed by atoms with Crippen LogP contribution in [0.2, 0.25) is 0 Å². The number of β-amino-alcohol motifs (C(OH)–C–C–N with tert-alkyl or cyclic N) is 1. The molecule has 1 fully saturated rings. The molecule has 92 valence electrons. The average molecular weight is 242 g/mol. The van der Waals surface area contributed by atoms with Crippen molar-refractivity contribution < 1.29 is 5.11 Å². The molecule has 0 atom stereocenters. The molecule has 0 amide bonds. The molecule has 0 aliphatic carbocycles. The van der Waals surface area contributed by atoms with E-state index in [9.17, 15) is 5.11 Å². The fraction of sp³-hybridized carbons (Fsp3) is 0.385. The molecule has 5 heteroatoms. The molecule has 0 spiro atoms. The molecule has 0 radical (unpaired) electrons. The van der Waals surface area contributed by atoms with Crippen LogP contribution in [0.15, 0.2) is 24.4 Å². The number of hydrogen-bond acceptors (Lipinski definition) is 4. The lowest BCUT2D eigenvalue weighted by atomic mass is 9.90. The van der Waals surface area contributed by atoms with Gasteiger partial charge in [0, 0.05) is 25.0 Å². The van der Waals surface area contributed by atoms with Crippen LogP contribution in [0.1, 0.15) is 12.0 Å². The predicted molar refractivity (Wildman–Crippen MR) is 66.6 cm³/mol. The number of aromatic amines is 1. The highest BCUT2D eigenvalue weighted by Gasteiger charge is 2.40. The van der Waals surface area contributed by atoms with Crippen molar-refractivity contribution in [3.63, 3.8) is 0 Å². The summed E-state index contributed by atoms with van der Waals surface area (Å²) in [6, 6.07) is 8.20. The third-order valence-electron chi connectivity index (χ3n) is 3.36. The van der Waals surface area contributed by atoms with Crippen molar-refractivity contribution in [2.45, 2.75) is 18.6 Å². The van der Waals surface area contributed by atoms with E-state index in [4.69, 9.17) is 5.26 Å². The fourth-order valence-corrected chi connectivity index (χ4v) is 2.50. The van der Waals surface area contributed by atoms with Gasteiger partial charge in [0.1, 0.15) is 5.60 Å². The van der Waals surface area contributed by atoms with Gasteiger partial charge in [0.15, 0.2) is 0 Å². The Labute approximate surface area is 105 Å². The molecule has 0 saturated carbocycles. The van der Waals surface area contributed by atoms with E-state index in [0.717, 1.165) is 17.4 Å². The molecule has 3 rings (SSSR count). The van der Waals surface area contributed by atoms with Crippen LogP contribution < -0.4 is 0 Å². The summed E-state index contributed by atoms with van der Waals surface area (Å²) >= 11 is 0. The van der Waals surface area contributed by atoms with Crippen molar-refractivity contribution >= 4 is 10.9 Å². The number of hydrogen-bond donors (Lipinski definition) is 2. The van der Waals surface area contributed by atoms with Crippen LogP contribution in [0, 0.1) is 11.3 Å². The van der Waals surface area contributed by atoms with Crippen LogP contribution in [0.3, 0.4) is 0 Å². The van der Waals surface area contributed by atoms with E-state index >= 15 is 0 Å². The van der Waals surface area contributed by atoms with Gasteiger partial charge >= 0.3 is 0 Å². The second kappa shape index (κ2) is 4.09. The topological polar surface area (TPSA) is 75.9 Å². The Bertz CT molecular complexity index is 607. The Balaban J connectivity index is 1.66. The maximum atomic E-state index is 9.92.